The van der Waals surface area contributed by atoms with Crippen LogP contribution in [0, 0.1) is 6.92 Å². The van der Waals surface area contributed by atoms with Crippen molar-refractivity contribution in [1.82, 2.24) is 15.0 Å². The maximum absolute atomic E-state index is 5.60. The van der Waals surface area contributed by atoms with E-state index < -0.39 is 0 Å². The van der Waals surface area contributed by atoms with Gasteiger partial charge in [0.25, 0.3) is 0 Å². The molecular weight excluding hydrogens is 266 g/mol. The summed E-state index contributed by atoms with van der Waals surface area (Å²) in [5.41, 5.74) is 7.33. The minimum Gasteiger partial charge on any atom is -0.389 e. The standard InChI is InChI=1S/C11H13N5S2/c1-7-5-18-9(16-7)2-3-14-11-8(10(12)17)4-13-6-15-11/h4-6H,2-3H2,1H3,(H2,12,17)(H,13,14,15). The van der Waals surface area contributed by atoms with Crippen molar-refractivity contribution in [2.45, 2.75) is 13.3 Å². The molecule has 0 aromatic carbocycles. The molecule has 5 nitrogen and oxygen atoms in total. The quantitative estimate of drug-likeness (QED) is 0.808. The number of nitrogens with one attached hydrogen (secondary N) is 1. The second-order valence-corrected chi connectivity index (χ2v) is 5.09. The molecule has 0 saturated heterocycles. The van der Waals surface area contributed by atoms with Crippen molar-refractivity contribution < 1.29 is 0 Å². The van der Waals surface area contributed by atoms with Crippen molar-refractivity contribution in [2.75, 3.05) is 11.9 Å². The van der Waals surface area contributed by atoms with Crippen LogP contribution in [0.1, 0.15) is 16.3 Å². The van der Waals surface area contributed by atoms with E-state index in [-0.39, 0.29) is 0 Å². The summed E-state index contributed by atoms with van der Waals surface area (Å²) in [6.45, 7) is 2.72. The Morgan fingerprint density at radius 2 is 2.39 bits per heavy atom. The normalized spacial score (nSPS) is 10.3. The largest absolute Gasteiger partial charge is 0.389 e. The summed E-state index contributed by atoms with van der Waals surface area (Å²) >= 11 is 6.61. The Kier molecular flexibility index (Phi) is 4.16. The molecule has 3 N–H and O–H groups in total. The summed E-state index contributed by atoms with van der Waals surface area (Å²) in [5, 5.41) is 6.35. The minimum absolute atomic E-state index is 0.295. The molecule has 2 aromatic heterocycles. The second kappa shape index (κ2) is 5.83. The van der Waals surface area contributed by atoms with Crippen LogP contribution < -0.4 is 11.1 Å². The average Bonchev–Trinajstić information content (AvgIpc) is 2.75. The molecule has 0 fully saturated rings. The first-order valence-corrected chi connectivity index (χ1v) is 6.70. The second-order valence-electron chi connectivity index (χ2n) is 3.71. The Morgan fingerprint density at radius 3 is 3.06 bits per heavy atom. The number of thiazole rings is 1. The molecule has 18 heavy (non-hydrogen) atoms. The third kappa shape index (κ3) is 3.21. The molecule has 0 bridgehead atoms. The van der Waals surface area contributed by atoms with Crippen LogP contribution in [0.3, 0.4) is 0 Å². The molecule has 94 valence electrons. The molecular formula is C11H13N5S2. The minimum atomic E-state index is 0.295. The highest BCUT2D eigenvalue weighted by molar-refractivity contribution is 7.80. The number of hydrogen-bond donors (Lipinski definition) is 2. The van der Waals surface area contributed by atoms with Gasteiger partial charge in [0.15, 0.2) is 0 Å². The smallest absolute Gasteiger partial charge is 0.139 e. The molecule has 2 rings (SSSR count). The number of thiocarbonyl (C=S) groups is 1. The maximum Gasteiger partial charge on any atom is 0.139 e. The number of nitrogens with zero attached hydrogens (tertiary/aromatic N) is 3. The van der Waals surface area contributed by atoms with Gasteiger partial charge in [-0.05, 0) is 6.92 Å². The lowest BCUT2D eigenvalue weighted by Crippen LogP contribution is -2.16. The topological polar surface area (TPSA) is 76.7 Å². The number of rotatable bonds is 5. The Balaban J connectivity index is 1.96. The molecule has 0 amide bonds. The zero-order valence-corrected chi connectivity index (χ0v) is 11.5. The molecule has 2 heterocycles. The van der Waals surface area contributed by atoms with Crippen LogP contribution in [0.5, 0.6) is 0 Å². The summed E-state index contributed by atoms with van der Waals surface area (Å²) in [6, 6.07) is 0. The van der Waals surface area contributed by atoms with Gasteiger partial charge in [-0.2, -0.15) is 0 Å². The van der Waals surface area contributed by atoms with Gasteiger partial charge in [-0.15, -0.1) is 11.3 Å². The summed E-state index contributed by atoms with van der Waals surface area (Å²) in [7, 11) is 0. The number of aryl methyl sites for hydroxylation is 1. The van der Waals surface area contributed by atoms with E-state index in [1.165, 1.54) is 6.33 Å². The highest BCUT2D eigenvalue weighted by Gasteiger charge is 2.06. The van der Waals surface area contributed by atoms with E-state index in [4.69, 9.17) is 18.0 Å². The highest BCUT2D eigenvalue weighted by atomic mass is 32.1. The van der Waals surface area contributed by atoms with E-state index >= 15 is 0 Å². The Bertz CT molecular complexity index is 552. The van der Waals surface area contributed by atoms with Crippen molar-refractivity contribution in [1.29, 1.82) is 0 Å². The van der Waals surface area contributed by atoms with Crippen molar-refractivity contribution in [3.8, 4) is 0 Å². The number of anilines is 1. The lowest BCUT2D eigenvalue weighted by atomic mass is 10.3. The summed E-state index contributed by atoms with van der Waals surface area (Å²) in [5.74, 6) is 0.672. The zero-order chi connectivity index (χ0) is 13.0. The van der Waals surface area contributed by atoms with Crippen LogP contribution in [0.25, 0.3) is 0 Å². The number of hydrogen-bond acceptors (Lipinski definition) is 6. The molecule has 2 aromatic rings. The van der Waals surface area contributed by atoms with Gasteiger partial charge in [0.1, 0.15) is 17.1 Å². The molecule has 0 atom stereocenters. The van der Waals surface area contributed by atoms with Gasteiger partial charge in [-0.1, -0.05) is 12.2 Å². The number of aromatic nitrogens is 3. The molecule has 0 radical (unpaired) electrons. The fourth-order valence-electron chi connectivity index (χ4n) is 1.46. The third-order valence-corrected chi connectivity index (χ3v) is 3.52. The lowest BCUT2D eigenvalue weighted by Gasteiger charge is -2.08. The van der Waals surface area contributed by atoms with Crippen LogP contribution in [0.2, 0.25) is 0 Å². The van der Waals surface area contributed by atoms with Crippen molar-refractivity contribution in [2.24, 2.45) is 5.73 Å². The van der Waals surface area contributed by atoms with Crippen LogP contribution >= 0.6 is 23.6 Å². The highest BCUT2D eigenvalue weighted by Crippen LogP contribution is 2.12. The van der Waals surface area contributed by atoms with Crippen molar-refractivity contribution in [3.63, 3.8) is 0 Å². The van der Waals surface area contributed by atoms with Gasteiger partial charge in [0.2, 0.25) is 0 Å². The van der Waals surface area contributed by atoms with E-state index in [9.17, 15) is 0 Å². The fourth-order valence-corrected chi connectivity index (χ4v) is 2.38. The molecule has 7 heteroatoms. The predicted octanol–water partition coefficient (Wildman–Crippen LogP) is 1.53. The van der Waals surface area contributed by atoms with E-state index in [0.717, 1.165) is 23.7 Å². The Morgan fingerprint density at radius 1 is 1.56 bits per heavy atom. The van der Waals surface area contributed by atoms with Crippen molar-refractivity contribution >= 4 is 34.4 Å². The predicted molar refractivity (Wildman–Crippen MR) is 77.0 cm³/mol. The van der Waals surface area contributed by atoms with Gasteiger partial charge in [0.05, 0.1) is 10.6 Å². The summed E-state index contributed by atoms with van der Waals surface area (Å²) in [6.07, 6.45) is 3.93. The summed E-state index contributed by atoms with van der Waals surface area (Å²) in [4.78, 5) is 12.7. The molecule has 0 aliphatic heterocycles. The fraction of sp³-hybridized carbons (Fsp3) is 0.273. The van der Waals surface area contributed by atoms with Gasteiger partial charge < -0.3 is 11.1 Å². The lowest BCUT2D eigenvalue weighted by molar-refractivity contribution is 0.972. The molecule has 0 aliphatic carbocycles. The Hall–Kier alpha value is -1.60. The third-order valence-electron chi connectivity index (χ3n) is 2.28. The Labute approximate surface area is 114 Å². The summed E-state index contributed by atoms with van der Waals surface area (Å²) < 4.78 is 0. The SMILES string of the molecule is Cc1csc(CCNc2ncncc2C(N)=S)n1. The molecule has 0 aliphatic rings. The first kappa shape index (κ1) is 12.8. The van der Waals surface area contributed by atoms with E-state index in [1.807, 2.05) is 12.3 Å². The van der Waals surface area contributed by atoms with Crippen molar-refractivity contribution in [3.05, 3.63) is 34.2 Å². The van der Waals surface area contributed by atoms with Crippen LogP contribution in [-0.2, 0) is 6.42 Å². The first-order chi connectivity index (χ1) is 8.66. The molecule has 0 unspecified atom stereocenters. The first-order valence-electron chi connectivity index (χ1n) is 5.41. The van der Waals surface area contributed by atoms with Gasteiger partial charge >= 0.3 is 0 Å². The van der Waals surface area contributed by atoms with Gasteiger partial charge in [0, 0.05) is 30.2 Å². The van der Waals surface area contributed by atoms with Crippen LogP contribution in [0.4, 0.5) is 5.82 Å². The maximum atomic E-state index is 5.60. The number of nitrogens with two attached hydrogens (primary N) is 1. The monoisotopic (exact) mass is 279 g/mol. The van der Waals surface area contributed by atoms with Gasteiger partial charge in [-0.3, -0.25) is 0 Å². The van der Waals surface area contributed by atoms with E-state index in [2.05, 4.69) is 20.3 Å². The van der Waals surface area contributed by atoms with Crippen LogP contribution in [0.15, 0.2) is 17.9 Å². The van der Waals surface area contributed by atoms with E-state index in [1.54, 1.807) is 17.5 Å². The van der Waals surface area contributed by atoms with Gasteiger partial charge in [-0.25, -0.2) is 15.0 Å². The van der Waals surface area contributed by atoms with E-state index in [0.29, 0.717) is 16.4 Å². The van der Waals surface area contributed by atoms with Crippen LogP contribution in [-0.4, -0.2) is 26.5 Å². The molecule has 0 spiro atoms. The zero-order valence-electron chi connectivity index (χ0n) is 9.88. The molecule has 0 saturated carbocycles. The average molecular weight is 279 g/mol.